The molecule has 4 saturated carbocycles. The minimum Gasteiger partial charge on any atom is -0.463 e. The van der Waals surface area contributed by atoms with E-state index in [-0.39, 0.29) is 35.1 Å². The van der Waals surface area contributed by atoms with E-state index in [0.29, 0.717) is 41.4 Å². The van der Waals surface area contributed by atoms with E-state index >= 15 is 0 Å². The summed E-state index contributed by atoms with van der Waals surface area (Å²) < 4.78 is 5.67. The summed E-state index contributed by atoms with van der Waals surface area (Å²) >= 11 is 0. The number of hydrogen-bond donors (Lipinski definition) is 2. The Morgan fingerprint density at radius 1 is 1.03 bits per heavy atom. The zero-order chi connectivity index (χ0) is 23.4. The molecule has 0 saturated heterocycles. The monoisotopic (exact) mass is 448 g/mol. The zero-order valence-electron chi connectivity index (χ0n) is 21.3. The van der Waals surface area contributed by atoms with Crippen molar-refractivity contribution in [3.05, 3.63) is 0 Å². The SMILES string of the molecule is CC[C@H]1[C@@H](O)[C@@H]2[C@H](CC[C@]3(C)[C@@H]([C@H](C)C[C@H](C)O)CC[C@@H]23)[C@@]2(C)CC[C@@H](OC(C)=O)C[C@@H]12. The van der Waals surface area contributed by atoms with Crippen LogP contribution >= 0.6 is 0 Å². The highest BCUT2D eigenvalue weighted by Gasteiger charge is 2.65. The van der Waals surface area contributed by atoms with Gasteiger partial charge in [0.15, 0.2) is 0 Å². The summed E-state index contributed by atoms with van der Waals surface area (Å²) in [5.41, 5.74) is 0.527. The highest BCUT2D eigenvalue weighted by Crippen LogP contribution is 2.69. The van der Waals surface area contributed by atoms with Gasteiger partial charge in [-0.05, 0) is 111 Å². The molecule has 0 aromatic rings. The fraction of sp³-hybridized carbons (Fsp3) is 0.964. The molecular formula is C28H48O4. The van der Waals surface area contributed by atoms with Crippen LogP contribution < -0.4 is 0 Å². The minimum atomic E-state index is -0.241. The number of aliphatic hydroxyl groups is 2. The highest BCUT2D eigenvalue weighted by molar-refractivity contribution is 5.66. The molecule has 0 spiro atoms. The first-order chi connectivity index (χ1) is 15.0. The number of carbonyl (C=O) groups is 1. The van der Waals surface area contributed by atoms with Gasteiger partial charge in [-0.25, -0.2) is 0 Å². The Bertz CT molecular complexity index is 691. The second kappa shape index (κ2) is 8.87. The third-order valence-corrected chi connectivity index (χ3v) is 11.2. The lowest BCUT2D eigenvalue weighted by molar-refractivity contribution is -0.207. The predicted molar refractivity (Wildman–Crippen MR) is 127 cm³/mol. The number of fused-ring (bicyclic) bond motifs is 5. The second-order valence-electron chi connectivity index (χ2n) is 12.8. The molecule has 0 aromatic carbocycles. The number of ether oxygens (including phenoxy) is 1. The molecule has 184 valence electrons. The van der Waals surface area contributed by atoms with E-state index in [1.807, 2.05) is 6.92 Å². The smallest absolute Gasteiger partial charge is 0.302 e. The van der Waals surface area contributed by atoms with Crippen molar-refractivity contribution in [1.82, 2.24) is 0 Å². The molecule has 0 aliphatic heterocycles. The summed E-state index contributed by atoms with van der Waals surface area (Å²) in [7, 11) is 0. The van der Waals surface area contributed by atoms with Gasteiger partial charge >= 0.3 is 5.97 Å². The molecule has 0 unspecified atom stereocenters. The molecule has 0 bridgehead atoms. The van der Waals surface area contributed by atoms with Crippen molar-refractivity contribution in [2.24, 2.45) is 52.3 Å². The Morgan fingerprint density at radius 2 is 1.69 bits per heavy atom. The third-order valence-electron chi connectivity index (χ3n) is 11.2. The fourth-order valence-electron chi connectivity index (χ4n) is 9.96. The van der Waals surface area contributed by atoms with Gasteiger partial charge in [0.2, 0.25) is 0 Å². The lowest BCUT2D eigenvalue weighted by Gasteiger charge is -2.64. The molecule has 4 aliphatic rings. The van der Waals surface area contributed by atoms with Gasteiger partial charge in [-0.1, -0.05) is 34.1 Å². The van der Waals surface area contributed by atoms with Crippen LogP contribution in [0.1, 0.15) is 99.3 Å². The molecule has 32 heavy (non-hydrogen) atoms. The van der Waals surface area contributed by atoms with Crippen molar-refractivity contribution in [1.29, 1.82) is 0 Å². The lowest BCUT2D eigenvalue weighted by Crippen LogP contribution is -2.62. The number of carbonyl (C=O) groups excluding carboxylic acids is 1. The Balaban J connectivity index is 1.61. The number of esters is 1. The average molecular weight is 449 g/mol. The summed E-state index contributed by atoms with van der Waals surface area (Å²) in [6, 6.07) is 0. The van der Waals surface area contributed by atoms with Crippen LogP contribution in [0.4, 0.5) is 0 Å². The van der Waals surface area contributed by atoms with Gasteiger partial charge in [-0.15, -0.1) is 0 Å². The van der Waals surface area contributed by atoms with Crippen LogP contribution in [0, 0.1) is 52.3 Å². The number of aliphatic hydroxyl groups excluding tert-OH is 2. The molecule has 0 aromatic heterocycles. The largest absolute Gasteiger partial charge is 0.463 e. The van der Waals surface area contributed by atoms with Crippen LogP contribution in [0.5, 0.6) is 0 Å². The van der Waals surface area contributed by atoms with Gasteiger partial charge in [0.05, 0.1) is 12.2 Å². The Morgan fingerprint density at radius 3 is 2.31 bits per heavy atom. The topological polar surface area (TPSA) is 66.8 Å². The van der Waals surface area contributed by atoms with E-state index in [2.05, 4.69) is 27.7 Å². The average Bonchev–Trinajstić information content (AvgIpc) is 3.05. The zero-order valence-corrected chi connectivity index (χ0v) is 21.3. The van der Waals surface area contributed by atoms with Gasteiger partial charge in [0.25, 0.3) is 0 Å². The van der Waals surface area contributed by atoms with Crippen molar-refractivity contribution in [2.45, 2.75) is 118 Å². The molecular weight excluding hydrogens is 400 g/mol. The Labute approximate surface area is 195 Å². The van der Waals surface area contributed by atoms with E-state index in [0.717, 1.165) is 32.1 Å². The van der Waals surface area contributed by atoms with Crippen molar-refractivity contribution in [2.75, 3.05) is 0 Å². The maximum absolute atomic E-state index is 11.9. The molecule has 4 aliphatic carbocycles. The predicted octanol–water partition coefficient (Wildman–Crippen LogP) is 5.59. The first-order valence-electron chi connectivity index (χ1n) is 13.6. The van der Waals surface area contributed by atoms with E-state index in [9.17, 15) is 15.0 Å². The van der Waals surface area contributed by atoms with Crippen molar-refractivity contribution in [3.63, 3.8) is 0 Å². The highest BCUT2D eigenvalue weighted by atomic mass is 16.5. The molecule has 0 heterocycles. The third kappa shape index (κ3) is 3.85. The maximum Gasteiger partial charge on any atom is 0.302 e. The first kappa shape index (κ1) is 24.5. The fourth-order valence-corrected chi connectivity index (χ4v) is 9.96. The molecule has 4 nitrogen and oxygen atoms in total. The quantitative estimate of drug-likeness (QED) is 0.538. The van der Waals surface area contributed by atoms with Crippen LogP contribution in [0.3, 0.4) is 0 Å². The van der Waals surface area contributed by atoms with Gasteiger partial charge in [0.1, 0.15) is 6.10 Å². The summed E-state index contributed by atoms with van der Waals surface area (Å²) in [4.78, 5) is 11.6. The van der Waals surface area contributed by atoms with Crippen LogP contribution in [-0.2, 0) is 9.53 Å². The van der Waals surface area contributed by atoms with Crippen LogP contribution in [-0.4, -0.2) is 34.5 Å². The van der Waals surface area contributed by atoms with Gasteiger partial charge < -0.3 is 14.9 Å². The van der Waals surface area contributed by atoms with Gasteiger partial charge in [0, 0.05) is 6.92 Å². The summed E-state index contributed by atoms with van der Waals surface area (Å²) in [5, 5.41) is 21.9. The molecule has 4 rings (SSSR count). The molecule has 12 atom stereocenters. The first-order valence-corrected chi connectivity index (χ1v) is 13.6. The van der Waals surface area contributed by atoms with Crippen molar-refractivity contribution < 1.29 is 19.7 Å². The number of rotatable bonds is 5. The molecule has 2 N–H and O–H groups in total. The molecule has 0 radical (unpaired) electrons. The van der Waals surface area contributed by atoms with Gasteiger partial charge in [-0.3, -0.25) is 4.79 Å². The minimum absolute atomic E-state index is 0.0226. The molecule has 4 heteroatoms. The standard InChI is InChI=1S/C28H48O4/c1-7-20-24-15-19(32-18(4)30)10-12-28(24,6)23-11-13-27(5)21(16(2)14-17(3)29)8-9-22(27)25(23)26(20)31/h16-17,19-26,29,31H,7-15H2,1-6H3/t16-,17+,19-,20-,21-,22+,23+,24+,25+,26-,27-,28-/m1/s1. The van der Waals surface area contributed by atoms with Crippen LogP contribution in [0.2, 0.25) is 0 Å². The maximum atomic E-state index is 11.9. The molecule has 0 amide bonds. The Kier molecular flexibility index (Phi) is 6.80. The second-order valence-corrected chi connectivity index (χ2v) is 12.8. The van der Waals surface area contributed by atoms with E-state index in [1.165, 1.54) is 32.6 Å². The summed E-state index contributed by atoms with van der Waals surface area (Å²) in [6.07, 6.45) is 9.40. The van der Waals surface area contributed by atoms with E-state index in [1.54, 1.807) is 0 Å². The molecule has 4 fully saturated rings. The normalized spacial score (nSPS) is 50.0. The Hall–Kier alpha value is -0.610. The van der Waals surface area contributed by atoms with Crippen molar-refractivity contribution >= 4 is 5.97 Å². The van der Waals surface area contributed by atoms with Crippen LogP contribution in [0.25, 0.3) is 0 Å². The van der Waals surface area contributed by atoms with E-state index in [4.69, 9.17) is 4.74 Å². The summed E-state index contributed by atoms with van der Waals surface area (Å²) in [5.74, 6) is 3.33. The summed E-state index contributed by atoms with van der Waals surface area (Å²) in [6.45, 7) is 13.1. The lowest BCUT2D eigenvalue weighted by atomic mass is 9.41. The van der Waals surface area contributed by atoms with Gasteiger partial charge in [-0.2, -0.15) is 0 Å². The van der Waals surface area contributed by atoms with Crippen molar-refractivity contribution in [3.8, 4) is 0 Å². The van der Waals surface area contributed by atoms with E-state index < -0.39 is 0 Å². The van der Waals surface area contributed by atoms with Crippen LogP contribution in [0.15, 0.2) is 0 Å². The number of hydrogen-bond acceptors (Lipinski definition) is 4.